The molecule has 0 bridgehead atoms. The van der Waals surface area contributed by atoms with Gasteiger partial charge >= 0.3 is 11.9 Å². The molecule has 4 heterocycles. The maximum absolute atomic E-state index is 13.0. The minimum Gasteiger partial charge on any atom is -0.379 e. The van der Waals surface area contributed by atoms with Crippen LogP contribution in [0.1, 0.15) is 19.3 Å². The number of piperidine rings is 1. The Bertz CT molecular complexity index is 694. The summed E-state index contributed by atoms with van der Waals surface area (Å²) < 4.78 is 7.57. The average Bonchev–Trinajstić information content (AvgIpc) is 3.09. The van der Waals surface area contributed by atoms with Gasteiger partial charge < -0.3 is 4.74 Å². The van der Waals surface area contributed by atoms with Gasteiger partial charge in [0.1, 0.15) is 6.54 Å². The SMILES string of the molecule is CN1C(=O)C2C(=NC(CN3CCCCC3)=[N+]2CCN2CCOCC2)N(C)C1=O. The lowest BCUT2D eigenvalue weighted by Gasteiger charge is -2.32. The molecule has 0 radical (unpaired) electrons. The van der Waals surface area contributed by atoms with Crippen LogP contribution in [0.4, 0.5) is 4.79 Å². The molecule has 0 N–H and O–H groups in total. The molecule has 9 heteroatoms. The van der Waals surface area contributed by atoms with Gasteiger partial charge in [-0.15, -0.1) is 0 Å². The number of rotatable bonds is 5. The van der Waals surface area contributed by atoms with Gasteiger partial charge in [0.05, 0.1) is 19.8 Å². The molecule has 1 atom stereocenters. The lowest BCUT2D eigenvalue weighted by molar-refractivity contribution is -0.536. The summed E-state index contributed by atoms with van der Waals surface area (Å²) >= 11 is 0. The van der Waals surface area contributed by atoms with Crippen LogP contribution >= 0.6 is 0 Å². The second-order valence-electron chi connectivity index (χ2n) is 8.01. The molecule has 0 aromatic carbocycles. The first kappa shape index (κ1) is 19.5. The lowest BCUT2D eigenvalue weighted by atomic mass is 10.1. The number of hydrogen-bond acceptors (Lipinski definition) is 6. The van der Waals surface area contributed by atoms with Gasteiger partial charge in [0.15, 0.2) is 0 Å². The predicted molar refractivity (Wildman–Crippen MR) is 105 cm³/mol. The van der Waals surface area contributed by atoms with Crippen LogP contribution in [-0.2, 0) is 9.53 Å². The number of amidine groups is 2. The molecule has 3 fully saturated rings. The van der Waals surface area contributed by atoms with Crippen molar-refractivity contribution >= 4 is 23.6 Å². The van der Waals surface area contributed by atoms with E-state index < -0.39 is 6.04 Å². The van der Waals surface area contributed by atoms with Crippen LogP contribution < -0.4 is 0 Å². The van der Waals surface area contributed by atoms with Crippen LogP contribution in [0.15, 0.2) is 4.99 Å². The van der Waals surface area contributed by atoms with E-state index in [1.807, 2.05) is 0 Å². The standard InChI is InChI=1S/C19H31N6O3/c1-21-17-16(18(26)22(2)19(21)27)25(9-8-23-10-12-28-13-11-23)15(20-17)14-24-6-4-3-5-7-24/h16H,3-14H2,1-2H3/q+1. The summed E-state index contributed by atoms with van der Waals surface area (Å²) in [7, 11) is 3.27. The molecule has 0 saturated carbocycles. The highest BCUT2D eigenvalue weighted by molar-refractivity contribution is 6.23. The van der Waals surface area contributed by atoms with Gasteiger partial charge in [-0.2, -0.15) is 0 Å². The van der Waals surface area contributed by atoms with Crippen molar-refractivity contribution in [3.05, 3.63) is 0 Å². The Balaban J connectivity index is 1.57. The summed E-state index contributed by atoms with van der Waals surface area (Å²) in [5, 5.41) is 0. The van der Waals surface area contributed by atoms with Crippen molar-refractivity contribution in [2.45, 2.75) is 25.3 Å². The van der Waals surface area contributed by atoms with Crippen LogP contribution in [0, 0.1) is 0 Å². The Labute approximate surface area is 166 Å². The normalized spacial score (nSPS) is 27.5. The topological polar surface area (TPSA) is 71.7 Å². The van der Waals surface area contributed by atoms with Gasteiger partial charge in [-0.25, -0.2) is 9.37 Å². The summed E-state index contributed by atoms with van der Waals surface area (Å²) in [6, 6.07) is -0.805. The van der Waals surface area contributed by atoms with Crippen LogP contribution in [0.5, 0.6) is 0 Å². The molecule has 0 aliphatic carbocycles. The van der Waals surface area contributed by atoms with Crippen molar-refractivity contribution in [1.29, 1.82) is 0 Å². The fourth-order valence-corrected chi connectivity index (χ4v) is 4.42. The Morgan fingerprint density at radius 1 is 1.00 bits per heavy atom. The second-order valence-corrected chi connectivity index (χ2v) is 8.01. The summed E-state index contributed by atoms with van der Waals surface area (Å²) in [4.78, 5) is 37.7. The maximum Gasteiger partial charge on any atom is 0.333 e. The zero-order valence-corrected chi connectivity index (χ0v) is 17.0. The van der Waals surface area contributed by atoms with Gasteiger partial charge in [0, 0.05) is 33.7 Å². The molecule has 4 aliphatic rings. The van der Waals surface area contributed by atoms with E-state index in [4.69, 9.17) is 9.73 Å². The van der Waals surface area contributed by atoms with E-state index in [0.29, 0.717) is 5.84 Å². The Hall–Kier alpha value is -1.84. The largest absolute Gasteiger partial charge is 0.379 e. The number of carbonyl (C=O) groups excluding carboxylic acids is 2. The number of hydrogen-bond donors (Lipinski definition) is 0. The lowest BCUT2D eigenvalue weighted by Crippen LogP contribution is -2.62. The Kier molecular flexibility index (Phi) is 5.75. The molecule has 0 spiro atoms. The van der Waals surface area contributed by atoms with E-state index in [9.17, 15) is 9.59 Å². The van der Waals surface area contributed by atoms with Gasteiger partial charge in [-0.3, -0.25) is 24.4 Å². The third-order valence-corrected chi connectivity index (χ3v) is 6.19. The van der Waals surface area contributed by atoms with E-state index in [0.717, 1.165) is 64.9 Å². The van der Waals surface area contributed by atoms with Crippen molar-refractivity contribution in [2.24, 2.45) is 4.99 Å². The van der Waals surface area contributed by atoms with E-state index in [-0.39, 0.29) is 11.9 Å². The van der Waals surface area contributed by atoms with Crippen LogP contribution in [-0.4, -0.2) is 127 Å². The zero-order chi connectivity index (χ0) is 19.7. The first-order valence-electron chi connectivity index (χ1n) is 10.3. The molecule has 4 aliphatic heterocycles. The number of aliphatic imine (C=N–C) groups is 1. The number of likely N-dealkylation sites (tertiary alicyclic amines) is 1. The second kappa shape index (κ2) is 8.26. The number of likely N-dealkylation sites (N-methyl/N-ethyl adjacent to an activating group) is 2. The number of carbonyl (C=O) groups is 2. The van der Waals surface area contributed by atoms with Crippen molar-refractivity contribution < 1.29 is 18.9 Å². The van der Waals surface area contributed by atoms with Gasteiger partial charge in [0.25, 0.3) is 17.8 Å². The highest BCUT2D eigenvalue weighted by Gasteiger charge is 2.53. The molecular weight excluding hydrogens is 360 g/mol. The number of imide groups is 1. The van der Waals surface area contributed by atoms with Crippen molar-refractivity contribution in [2.75, 3.05) is 73.1 Å². The Morgan fingerprint density at radius 3 is 2.43 bits per heavy atom. The summed E-state index contributed by atoms with van der Waals surface area (Å²) in [5.41, 5.74) is 0. The summed E-state index contributed by atoms with van der Waals surface area (Å²) in [6.07, 6.45) is 3.70. The highest BCUT2D eigenvalue weighted by atomic mass is 16.5. The van der Waals surface area contributed by atoms with Crippen LogP contribution in [0.3, 0.4) is 0 Å². The average molecular weight is 391 g/mol. The number of ether oxygens (including phenoxy) is 1. The molecule has 9 nitrogen and oxygen atoms in total. The number of morpholine rings is 1. The van der Waals surface area contributed by atoms with Gasteiger partial charge in [-0.05, 0) is 30.9 Å². The fraction of sp³-hybridized carbons (Fsp3) is 0.789. The molecule has 28 heavy (non-hydrogen) atoms. The molecule has 3 saturated heterocycles. The van der Waals surface area contributed by atoms with Crippen LogP contribution in [0.2, 0.25) is 0 Å². The molecule has 3 amide bonds. The van der Waals surface area contributed by atoms with Crippen molar-refractivity contribution in [3.63, 3.8) is 0 Å². The number of nitrogens with zero attached hydrogens (tertiary/aromatic N) is 6. The number of fused-ring (bicyclic) bond motifs is 1. The van der Waals surface area contributed by atoms with Gasteiger partial charge in [-0.1, -0.05) is 6.42 Å². The minimum atomic E-state index is -0.492. The Morgan fingerprint density at radius 2 is 1.71 bits per heavy atom. The minimum absolute atomic E-state index is 0.183. The summed E-state index contributed by atoms with van der Waals surface area (Å²) in [5.74, 6) is 1.30. The zero-order valence-electron chi connectivity index (χ0n) is 17.0. The predicted octanol–water partition coefficient (Wildman–Crippen LogP) is -0.480. The summed E-state index contributed by atoms with van der Waals surface area (Å²) in [6.45, 7) is 7.81. The van der Waals surface area contributed by atoms with E-state index in [2.05, 4.69) is 14.4 Å². The van der Waals surface area contributed by atoms with Gasteiger partial charge in [0.2, 0.25) is 0 Å². The van der Waals surface area contributed by atoms with E-state index >= 15 is 0 Å². The first-order chi connectivity index (χ1) is 13.6. The molecule has 4 rings (SSSR count). The molecule has 0 aromatic heterocycles. The quantitative estimate of drug-likeness (QED) is 0.592. The first-order valence-corrected chi connectivity index (χ1v) is 10.3. The third kappa shape index (κ3) is 3.70. The molecular formula is C19H31N6O3+. The molecule has 154 valence electrons. The number of urea groups is 1. The highest BCUT2D eigenvalue weighted by Crippen LogP contribution is 2.20. The molecule has 1 unspecified atom stereocenters. The maximum atomic E-state index is 13.0. The number of amides is 3. The van der Waals surface area contributed by atoms with Crippen LogP contribution in [0.25, 0.3) is 0 Å². The monoisotopic (exact) mass is 391 g/mol. The van der Waals surface area contributed by atoms with Crippen molar-refractivity contribution in [1.82, 2.24) is 19.6 Å². The smallest absolute Gasteiger partial charge is 0.333 e. The van der Waals surface area contributed by atoms with Crippen molar-refractivity contribution in [3.8, 4) is 0 Å². The fourth-order valence-electron chi connectivity index (χ4n) is 4.42. The third-order valence-electron chi connectivity index (χ3n) is 6.19. The van der Waals surface area contributed by atoms with E-state index in [1.165, 1.54) is 29.1 Å². The van der Waals surface area contributed by atoms with E-state index in [1.54, 1.807) is 14.1 Å². The molecule has 0 aromatic rings.